The molecule has 0 bridgehead atoms. The number of benzene rings is 1. The number of hydrogen-bond acceptors (Lipinski definition) is 3. The van der Waals surface area contributed by atoms with Gasteiger partial charge in [-0.15, -0.1) is 0 Å². The molecule has 1 aliphatic rings. The van der Waals surface area contributed by atoms with Gasteiger partial charge in [-0.3, -0.25) is 9.59 Å². The third-order valence-electron chi connectivity index (χ3n) is 4.29. The highest BCUT2D eigenvalue weighted by molar-refractivity contribution is 6.35. The zero-order valence-corrected chi connectivity index (χ0v) is 13.4. The third kappa shape index (κ3) is 4.56. The van der Waals surface area contributed by atoms with Crippen LogP contribution in [0.1, 0.15) is 18.4 Å². The van der Waals surface area contributed by atoms with Crippen LogP contribution < -0.4 is 5.32 Å². The molecule has 1 heterocycles. The minimum absolute atomic E-state index is 0.170. The van der Waals surface area contributed by atoms with Crippen molar-refractivity contribution in [2.24, 2.45) is 0 Å². The molecule has 5 nitrogen and oxygen atoms in total. The topological polar surface area (TPSA) is 52.7 Å². The molecule has 0 aromatic heterocycles. The van der Waals surface area contributed by atoms with Crippen molar-refractivity contribution in [3.8, 4) is 0 Å². The number of hydrogen-bond donors (Lipinski definition) is 1. The van der Waals surface area contributed by atoms with Crippen molar-refractivity contribution in [3.05, 3.63) is 35.9 Å². The van der Waals surface area contributed by atoms with Crippen molar-refractivity contribution in [2.75, 3.05) is 33.7 Å². The summed E-state index contributed by atoms with van der Waals surface area (Å²) in [6, 6.07) is 10.1. The Morgan fingerprint density at radius 2 is 1.86 bits per heavy atom. The van der Waals surface area contributed by atoms with E-state index in [1.165, 1.54) is 0 Å². The van der Waals surface area contributed by atoms with E-state index < -0.39 is 11.8 Å². The van der Waals surface area contributed by atoms with Gasteiger partial charge in [0.15, 0.2) is 0 Å². The van der Waals surface area contributed by atoms with Crippen LogP contribution in [0.5, 0.6) is 0 Å². The Morgan fingerprint density at radius 3 is 2.50 bits per heavy atom. The second-order valence-electron chi connectivity index (χ2n) is 5.94. The summed E-state index contributed by atoms with van der Waals surface area (Å²) in [4.78, 5) is 28.0. The number of rotatable bonds is 4. The molecule has 0 saturated carbocycles. The van der Waals surface area contributed by atoms with Crippen LogP contribution >= 0.6 is 0 Å². The Bertz CT molecular complexity index is 496. The molecule has 1 N–H and O–H groups in total. The fraction of sp³-hybridized carbons (Fsp3) is 0.529. The van der Waals surface area contributed by atoms with Crippen molar-refractivity contribution in [2.45, 2.75) is 25.3 Å². The molecule has 0 spiro atoms. The van der Waals surface area contributed by atoms with Gasteiger partial charge in [-0.05, 0) is 45.0 Å². The minimum Gasteiger partial charge on any atom is -0.347 e. The summed E-state index contributed by atoms with van der Waals surface area (Å²) in [5, 5.41) is 2.72. The van der Waals surface area contributed by atoms with E-state index in [0.29, 0.717) is 6.54 Å². The van der Waals surface area contributed by atoms with Gasteiger partial charge >= 0.3 is 11.8 Å². The summed E-state index contributed by atoms with van der Waals surface area (Å²) >= 11 is 0. The Kier molecular flexibility index (Phi) is 5.95. The molecule has 0 atom stereocenters. The normalized spacial score (nSPS) is 16.3. The Hall–Kier alpha value is -1.88. The first-order valence-electron chi connectivity index (χ1n) is 7.85. The summed E-state index contributed by atoms with van der Waals surface area (Å²) in [6.07, 6.45) is 2.59. The fourth-order valence-corrected chi connectivity index (χ4v) is 2.75. The zero-order valence-electron chi connectivity index (χ0n) is 13.4. The van der Waals surface area contributed by atoms with Crippen molar-refractivity contribution < 1.29 is 9.59 Å². The highest BCUT2D eigenvalue weighted by atomic mass is 16.2. The van der Waals surface area contributed by atoms with Crippen LogP contribution in [0, 0.1) is 0 Å². The standard InChI is InChI=1S/C17H25N3O2/c1-19-12-9-15(10-13-19)20(2)17(22)16(21)18-11-8-14-6-4-3-5-7-14/h3-7,15H,8-13H2,1-2H3,(H,18,21). The van der Waals surface area contributed by atoms with Gasteiger partial charge in [0.25, 0.3) is 0 Å². The summed E-state index contributed by atoms with van der Waals surface area (Å²) in [5.41, 5.74) is 1.15. The molecule has 1 fully saturated rings. The average Bonchev–Trinajstić information content (AvgIpc) is 2.55. The average molecular weight is 303 g/mol. The molecule has 1 aromatic carbocycles. The van der Waals surface area contributed by atoms with E-state index in [9.17, 15) is 9.59 Å². The molecule has 1 aliphatic heterocycles. The lowest BCUT2D eigenvalue weighted by Crippen LogP contribution is -2.49. The number of likely N-dealkylation sites (tertiary alicyclic amines) is 1. The van der Waals surface area contributed by atoms with E-state index >= 15 is 0 Å². The predicted molar refractivity (Wildman–Crippen MR) is 86.4 cm³/mol. The molecule has 1 aromatic rings. The van der Waals surface area contributed by atoms with Gasteiger partial charge in [0.05, 0.1) is 0 Å². The maximum absolute atomic E-state index is 12.2. The fourth-order valence-electron chi connectivity index (χ4n) is 2.75. The maximum atomic E-state index is 12.2. The molecular weight excluding hydrogens is 278 g/mol. The van der Waals surface area contributed by atoms with Crippen molar-refractivity contribution >= 4 is 11.8 Å². The molecule has 5 heteroatoms. The number of carbonyl (C=O) groups excluding carboxylic acids is 2. The number of piperidine rings is 1. The van der Waals surface area contributed by atoms with Gasteiger partial charge in [-0.1, -0.05) is 30.3 Å². The van der Waals surface area contributed by atoms with Gasteiger partial charge in [0.1, 0.15) is 0 Å². The van der Waals surface area contributed by atoms with E-state index in [-0.39, 0.29) is 6.04 Å². The molecule has 120 valence electrons. The molecule has 2 amide bonds. The Morgan fingerprint density at radius 1 is 1.23 bits per heavy atom. The summed E-state index contributed by atoms with van der Waals surface area (Å²) in [5.74, 6) is -0.931. The van der Waals surface area contributed by atoms with E-state index in [4.69, 9.17) is 0 Å². The van der Waals surface area contributed by atoms with E-state index in [1.807, 2.05) is 30.3 Å². The largest absolute Gasteiger partial charge is 0.347 e. The lowest BCUT2D eigenvalue weighted by molar-refractivity contribution is -0.146. The smallest absolute Gasteiger partial charge is 0.311 e. The molecule has 0 radical (unpaired) electrons. The van der Waals surface area contributed by atoms with Crippen LogP contribution in [0.3, 0.4) is 0 Å². The highest BCUT2D eigenvalue weighted by Gasteiger charge is 2.27. The number of nitrogens with zero attached hydrogens (tertiary/aromatic N) is 2. The zero-order chi connectivity index (χ0) is 15.9. The predicted octanol–water partition coefficient (Wildman–Crippen LogP) is 0.898. The van der Waals surface area contributed by atoms with Crippen LogP contribution in [0.2, 0.25) is 0 Å². The Balaban J connectivity index is 1.75. The SMILES string of the molecule is CN1CCC(N(C)C(=O)C(=O)NCCc2ccccc2)CC1. The van der Waals surface area contributed by atoms with Gasteiger partial charge in [0, 0.05) is 19.6 Å². The Labute approximate surface area is 132 Å². The second kappa shape index (κ2) is 7.94. The molecule has 2 rings (SSSR count). The van der Waals surface area contributed by atoms with E-state index in [1.54, 1.807) is 11.9 Å². The second-order valence-corrected chi connectivity index (χ2v) is 5.94. The summed E-state index contributed by atoms with van der Waals surface area (Å²) in [6.45, 7) is 2.42. The summed E-state index contributed by atoms with van der Waals surface area (Å²) < 4.78 is 0. The monoisotopic (exact) mass is 303 g/mol. The van der Waals surface area contributed by atoms with Crippen LogP contribution in [0.4, 0.5) is 0 Å². The lowest BCUT2D eigenvalue weighted by Gasteiger charge is -2.34. The number of likely N-dealkylation sites (N-methyl/N-ethyl adjacent to an activating group) is 1. The van der Waals surface area contributed by atoms with Gasteiger partial charge < -0.3 is 15.1 Å². The van der Waals surface area contributed by atoms with Crippen LogP contribution in [0.15, 0.2) is 30.3 Å². The first kappa shape index (κ1) is 16.5. The molecule has 22 heavy (non-hydrogen) atoms. The van der Waals surface area contributed by atoms with E-state index in [0.717, 1.165) is 37.9 Å². The number of amides is 2. The van der Waals surface area contributed by atoms with Gasteiger partial charge in [-0.25, -0.2) is 0 Å². The maximum Gasteiger partial charge on any atom is 0.311 e. The first-order valence-corrected chi connectivity index (χ1v) is 7.85. The van der Waals surface area contributed by atoms with Gasteiger partial charge in [0.2, 0.25) is 0 Å². The highest BCUT2D eigenvalue weighted by Crippen LogP contribution is 2.14. The molecule has 1 saturated heterocycles. The quantitative estimate of drug-likeness (QED) is 0.841. The van der Waals surface area contributed by atoms with Crippen LogP contribution in [-0.4, -0.2) is 61.4 Å². The minimum atomic E-state index is -0.502. The summed E-state index contributed by atoms with van der Waals surface area (Å²) in [7, 11) is 3.81. The van der Waals surface area contributed by atoms with E-state index in [2.05, 4.69) is 17.3 Å². The number of carbonyl (C=O) groups is 2. The van der Waals surface area contributed by atoms with Crippen molar-refractivity contribution in [1.82, 2.24) is 15.1 Å². The van der Waals surface area contributed by atoms with Crippen molar-refractivity contribution in [3.63, 3.8) is 0 Å². The lowest BCUT2D eigenvalue weighted by atomic mass is 10.0. The van der Waals surface area contributed by atoms with Crippen molar-refractivity contribution in [1.29, 1.82) is 0 Å². The third-order valence-corrected chi connectivity index (χ3v) is 4.29. The molecular formula is C17H25N3O2. The molecule has 0 aliphatic carbocycles. The van der Waals surface area contributed by atoms with Crippen LogP contribution in [-0.2, 0) is 16.0 Å². The van der Waals surface area contributed by atoms with Gasteiger partial charge in [-0.2, -0.15) is 0 Å². The number of nitrogens with one attached hydrogen (secondary N) is 1. The first-order chi connectivity index (χ1) is 10.6. The molecule has 0 unspecified atom stereocenters. The van der Waals surface area contributed by atoms with Crippen LogP contribution in [0.25, 0.3) is 0 Å².